The first kappa shape index (κ1) is 12.5. The zero-order valence-corrected chi connectivity index (χ0v) is 10.7. The van der Waals surface area contributed by atoms with E-state index in [1.165, 1.54) is 5.56 Å². The smallest absolute Gasteiger partial charge is 0.0713 e. The molecule has 0 amide bonds. The van der Waals surface area contributed by atoms with Crippen molar-refractivity contribution in [1.82, 2.24) is 0 Å². The van der Waals surface area contributed by atoms with E-state index >= 15 is 0 Å². The van der Waals surface area contributed by atoms with Gasteiger partial charge in [0.25, 0.3) is 0 Å². The van der Waals surface area contributed by atoms with Gasteiger partial charge in [0, 0.05) is 24.2 Å². The molecule has 0 aromatic heterocycles. The molecule has 3 heteroatoms. The Balaban J connectivity index is 2.22. The third-order valence-electron chi connectivity index (χ3n) is 2.78. The van der Waals surface area contributed by atoms with Crippen LogP contribution in [0.4, 0.5) is 17.1 Å². The van der Waals surface area contributed by atoms with Crippen molar-refractivity contribution in [2.75, 3.05) is 18.2 Å². The van der Waals surface area contributed by atoms with Crippen LogP contribution in [0.25, 0.3) is 0 Å². The highest BCUT2D eigenvalue weighted by atomic mass is 16.5. The van der Waals surface area contributed by atoms with Gasteiger partial charge in [-0.3, -0.25) is 0 Å². The molecule has 0 aliphatic heterocycles. The number of anilines is 3. The van der Waals surface area contributed by atoms with E-state index in [1.54, 1.807) is 7.11 Å². The maximum absolute atomic E-state index is 5.80. The van der Waals surface area contributed by atoms with Crippen LogP contribution in [0.1, 0.15) is 11.1 Å². The first-order chi connectivity index (χ1) is 8.69. The predicted octanol–water partition coefficient (Wildman–Crippen LogP) is 3.47. The number of nitrogens with one attached hydrogen (secondary N) is 1. The minimum absolute atomic E-state index is 0.616. The molecule has 18 heavy (non-hydrogen) atoms. The van der Waals surface area contributed by atoms with E-state index < -0.39 is 0 Å². The molecule has 2 aromatic carbocycles. The highest BCUT2D eigenvalue weighted by Crippen LogP contribution is 2.23. The average molecular weight is 242 g/mol. The SMILES string of the molecule is COCc1cccc(Nc2cc(N)ccc2C)c1. The van der Waals surface area contributed by atoms with Crippen molar-refractivity contribution < 1.29 is 4.74 Å². The van der Waals surface area contributed by atoms with Gasteiger partial charge in [-0.15, -0.1) is 0 Å². The van der Waals surface area contributed by atoms with Crippen LogP contribution in [0.5, 0.6) is 0 Å². The molecular weight excluding hydrogens is 224 g/mol. The zero-order valence-electron chi connectivity index (χ0n) is 10.7. The second-order valence-electron chi connectivity index (χ2n) is 4.33. The summed E-state index contributed by atoms with van der Waals surface area (Å²) < 4.78 is 5.13. The van der Waals surface area contributed by atoms with Crippen molar-refractivity contribution in [1.29, 1.82) is 0 Å². The van der Waals surface area contributed by atoms with Crippen molar-refractivity contribution in [2.45, 2.75) is 13.5 Å². The zero-order chi connectivity index (χ0) is 13.0. The number of ether oxygens (including phenoxy) is 1. The summed E-state index contributed by atoms with van der Waals surface area (Å²) in [6.45, 7) is 2.67. The fourth-order valence-electron chi connectivity index (χ4n) is 1.84. The summed E-state index contributed by atoms with van der Waals surface area (Å²) in [5, 5.41) is 3.38. The Labute approximate surface area is 108 Å². The quantitative estimate of drug-likeness (QED) is 0.807. The van der Waals surface area contributed by atoms with Gasteiger partial charge in [-0.25, -0.2) is 0 Å². The Morgan fingerprint density at radius 1 is 1.17 bits per heavy atom. The molecule has 0 heterocycles. The van der Waals surface area contributed by atoms with Gasteiger partial charge in [0.15, 0.2) is 0 Å². The topological polar surface area (TPSA) is 47.3 Å². The number of nitrogen functional groups attached to an aromatic ring is 1. The van der Waals surface area contributed by atoms with Gasteiger partial charge >= 0.3 is 0 Å². The number of benzene rings is 2. The molecule has 0 aliphatic rings. The highest BCUT2D eigenvalue weighted by molar-refractivity contribution is 5.67. The molecule has 0 atom stereocenters. The molecule has 0 bridgehead atoms. The van der Waals surface area contributed by atoms with E-state index in [2.05, 4.69) is 18.3 Å². The largest absolute Gasteiger partial charge is 0.399 e. The van der Waals surface area contributed by atoms with Gasteiger partial charge in [0.1, 0.15) is 0 Å². The monoisotopic (exact) mass is 242 g/mol. The lowest BCUT2D eigenvalue weighted by atomic mass is 10.1. The predicted molar refractivity (Wildman–Crippen MR) is 76.0 cm³/mol. The van der Waals surface area contributed by atoms with Crippen LogP contribution < -0.4 is 11.1 Å². The summed E-state index contributed by atoms with van der Waals surface area (Å²) in [5.41, 5.74) is 10.9. The molecule has 2 aromatic rings. The molecule has 0 aliphatic carbocycles. The normalized spacial score (nSPS) is 10.3. The molecular formula is C15H18N2O. The van der Waals surface area contributed by atoms with E-state index in [9.17, 15) is 0 Å². The molecule has 0 saturated carbocycles. The Kier molecular flexibility index (Phi) is 3.85. The lowest BCUT2D eigenvalue weighted by molar-refractivity contribution is 0.185. The fraction of sp³-hybridized carbons (Fsp3) is 0.200. The van der Waals surface area contributed by atoms with E-state index in [-0.39, 0.29) is 0 Å². The maximum atomic E-state index is 5.80. The third-order valence-corrected chi connectivity index (χ3v) is 2.78. The van der Waals surface area contributed by atoms with E-state index in [4.69, 9.17) is 10.5 Å². The van der Waals surface area contributed by atoms with Crippen molar-refractivity contribution in [2.24, 2.45) is 0 Å². The lowest BCUT2D eigenvalue weighted by Crippen LogP contribution is -1.96. The van der Waals surface area contributed by atoms with Crippen LogP contribution in [0, 0.1) is 6.92 Å². The van der Waals surface area contributed by atoms with E-state index in [0.29, 0.717) is 6.61 Å². The number of aryl methyl sites for hydroxylation is 1. The summed E-state index contributed by atoms with van der Waals surface area (Å²) in [7, 11) is 1.70. The molecule has 0 unspecified atom stereocenters. The summed E-state index contributed by atoms with van der Waals surface area (Å²) >= 11 is 0. The molecule has 3 N–H and O–H groups in total. The van der Waals surface area contributed by atoms with E-state index in [0.717, 1.165) is 22.6 Å². The summed E-state index contributed by atoms with van der Waals surface area (Å²) in [4.78, 5) is 0. The van der Waals surface area contributed by atoms with Crippen LogP contribution in [0.15, 0.2) is 42.5 Å². The highest BCUT2D eigenvalue weighted by Gasteiger charge is 2.01. The first-order valence-corrected chi connectivity index (χ1v) is 5.90. The van der Waals surface area contributed by atoms with Crippen LogP contribution in [0.3, 0.4) is 0 Å². The Bertz CT molecular complexity index is 538. The van der Waals surface area contributed by atoms with Gasteiger partial charge in [0.05, 0.1) is 6.61 Å². The standard InChI is InChI=1S/C15H18N2O/c1-11-6-7-13(16)9-15(11)17-14-5-3-4-12(8-14)10-18-2/h3-9,17H,10,16H2,1-2H3. The summed E-state index contributed by atoms with van der Waals surface area (Å²) in [6.07, 6.45) is 0. The second kappa shape index (κ2) is 5.56. The maximum Gasteiger partial charge on any atom is 0.0713 e. The summed E-state index contributed by atoms with van der Waals surface area (Å²) in [6, 6.07) is 14.0. The molecule has 0 spiro atoms. The molecule has 94 valence electrons. The van der Waals surface area contributed by atoms with Gasteiger partial charge in [0.2, 0.25) is 0 Å². The molecule has 3 nitrogen and oxygen atoms in total. The summed E-state index contributed by atoms with van der Waals surface area (Å²) in [5.74, 6) is 0. The Hall–Kier alpha value is -2.00. The molecule has 2 rings (SSSR count). The number of nitrogens with two attached hydrogens (primary N) is 1. The Morgan fingerprint density at radius 3 is 2.78 bits per heavy atom. The number of hydrogen-bond acceptors (Lipinski definition) is 3. The van der Waals surface area contributed by atoms with E-state index in [1.807, 2.05) is 36.4 Å². The molecule has 0 radical (unpaired) electrons. The molecule has 0 fully saturated rings. The fourth-order valence-corrected chi connectivity index (χ4v) is 1.84. The minimum atomic E-state index is 0.616. The van der Waals surface area contributed by atoms with Gasteiger partial charge in [-0.1, -0.05) is 18.2 Å². The van der Waals surface area contributed by atoms with Crippen LogP contribution in [-0.4, -0.2) is 7.11 Å². The van der Waals surface area contributed by atoms with Gasteiger partial charge in [-0.2, -0.15) is 0 Å². The second-order valence-corrected chi connectivity index (χ2v) is 4.33. The van der Waals surface area contributed by atoms with Gasteiger partial charge < -0.3 is 15.8 Å². The number of hydrogen-bond donors (Lipinski definition) is 2. The van der Waals surface area contributed by atoms with Crippen LogP contribution >= 0.6 is 0 Å². The third kappa shape index (κ3) is 3.02. The average Bonchev–Trinajstić information content (AvgIpc) is 2.35. The number of methoxy groups -OCH3 is 1. The Morgan fingerprint density at radius 2 is 2.00 bits per heavy atom. The number of rotatable bonds is 4. The first-order valence-electron chi connectivity index (χ1n) is 5.90. The van der Waals surface area contributed by atoms with Crippen LogP contribution in [0.2, 0.25) is 0 Å². The molecule has 0 saturated heterocycles. The van der Waals surface area contributed by atoms with Crippen molar-refractivity contribution in [3.05, 3.63) is 53.6 Å². The van der Waals surface area contributed by atoms with Crippen LogP contribution in [-0.2, 0) is 11.3 Å². The minimum Gasteiger partial charge on any atom is -0.399 e. The van der Waals surface area contributed by atoms with Crippen molar-refractivity contribution >= 4 is 17.1 Å². The van der Waals surface area contributed by atoms with Crippen molar-refractivity contribution in [3.8, 4) is 0 Å². The van der Waals surface area contributed by atoms with Crippen molar-refractivity contribution in [3.63, 3.8) is 0 Å². The van der Waals surface area contributed by atoms with Gasteiger partial charge in [-0.05, 0) is 42.3 Å². The lowest BCUT2D eigenvalue weighted by Gasteiger charge is -2.11.